The lowest BCUT2D eigenvalue weighted by atomic mass is 10.1. The molecule has 0 saturated heterocycles. The quantitative estimate of drug-likeness (QED) is 0.792. The normalized spacial score (nSPS) is 12.8. The fourth-order valence-corrected chi connectivity index (χ4v) is 1.72. The van der Waals surface area contributed by atoms with E-state index in [0.717, 1.165) is 6.42 Å². The Morgan fingerprint density at radius 3 is 2.81 bits per heavy atom. The van der Waals surface area contributed by atoms with Crippen molar-refractivity contribution in [2.75, 3.05) is 0 Å². The van der Waals surface area contributed by atoms with E-state index in [1.54, 1.807) is 12.1 Å². The molecule has 0 aliphatic rings. The average molecular weight is 244 g/mol. The number of halogens is 2. The molecule has 0 aliphatic carbocycles. The third-order valence-electron chi connectivity index (χ3n) is 2.65. The molecule has 1 rings (SSSR count). The first-order valence-electron chi connectivity index (χ1n) is 5.80. The van der Waals surface area contributed by atoms with Gasteiger partial charge in [0.1, 0.15) is 5.82 Å². The number of hydrogen-bond donors (Lipinski definition) is 1. The highest BCUT2D eigenvalue weighted by molar-refractivity contribution is 6.30. The Bertz CT molecular complexity index is 328. The topological polar surface area (TPSA) is 12.0 Å². The maximum absolute atomic E-state index is 13.4. The molecule has 0 heterocycles. The Kier molecular flexibility index (Phi) is 5.78. The molecule has 90 valence electrons. The SMILES string of the molecule is CCCCC(C)NCc1ccc(Cl)cc1F. The second-order valence-electron chi connectivity index (χ2n) is 4.16. The van der Waals surface area contributed by atoms with E-state index in [-0.39, 0.29) is 5.82 Å². The van der Waals surface area contributed by atoms with Crippen LogP contribution in [0.2, 0.25) is 5.02 Å². The van der Waals surface area contributed by atoms with Crippen molar-refractivity contribution in [1.82, 2.24) is 5.32 Å². The first-order valence-corrected chi connectivity index (χ1v) is 6.18. The van der Waals surface area contributed by atoms with E-state index < -0.39 is 0 Å². The minimum atomic E-state index is -0.234. The Hall–Kier alpha value is -0.600. The minimum Gasteiger partial charge on any atom is -0.310 e. The summed E-state index contributed by atoms with van der Waals surface area (Å²) in [5.41, 5.74) is 0.674. The summed E-state index contributed by atoms with van der Waals surface area (Å²) in [4.78, 5) is 0. The lowest BCUT2D eigenvalue weighted by molar-refractivity contribution is 0.485. The molecule has 0 fully saturated rings. The average Bonchev–Trinajstić information content (AvgIpc) is 2.25. The van der Waals surface area contributed by atoms with E-state index in [9.17, 15) is 4.39 Å². The van der Waals surface area contributed by atoms with Gasteiger partial charge in [0.25, 0.3) is 0 Å². The second-order valence-corrected chi connectivity index (χ2v) is 4.60. The van der Waals surface area contributed by atoms with E-state index in [1.165, 1.54) is 18.9 Å². The Morgan fingerprint density at radius 2 is 2.19 bits per heavy atom. The summed E-state index contributed by atoms with van der Waals surface area (Å²) in [6.07, 6.45) is 3.53. The van der Waals surface area contributed by atoms with Gasteiger partial charge < -0.3 is 5.32 Å². The summed E-state index contributed by atoms with van der Waals surface area (Å²) in [6, 6.07) is 5.24. The third kappa shape index (κ3) is 4.50. The van der Waals surface area contributed by atoms with Gasteiger partial charge in [-0.25, -0.2) is 4.39 Å². The van der Waals surface area contributed by atoms with Gasteiger partial charge in [-0.1, -0.05) is 37.4 Å². The van der Waals surface area contributed by atoms with E-state index in [2.05, 4.69) is 19.2 Å². The van der Waals surface area contributed by atoms with Crippen molar-refractivity contribution < 1.29 is 4.39 Å². The van der Waals surface area contributed by atoms with Crippen LogP contribution in [-0.2, 0) is 6.54 Å². The van der Waals surface area contributed by atoms with Crippen LogP contribution in [-0.4, -0.2) is 6.04 Å². The van der Waals surface area contributed by atoms with Gasteiger partial charge in [0.2, 0.25) is 0 Å². The minimum absolute atomic E-state index is 0.234. The van der Waals surface area contributed by atoms with Gasteiger partial charge in [-0.3, -0.25) is 0 Å². The molecule has 0 amide bonds. The van der Waals surface area contributed by atoms with Crippen molar-refractivity contribution in [3.8, 4) is 0 Å². The molecule has 0 aliphatic heterocycles. The van der Waals surface area contributed by atoms with Crippen LogP contribution >= 0.6 is 11.6 Å². The van der Waals surface area contributed by atoms with Crippen LogP contribution in [0.3, 0.4) is 0 Å². The van der Waals surface area contributed by atoms with E-state index >= 15 is 0 Å². The summed E-state index contributed by atoms with van der Waals surface area (Å²) in [6.45, 7) is 4.86. The maximum atomic E-state index is 13.4. The highest BCUT2D eigenvalue weighted by atomic mass is 35.5. The molecule has 1 aromatic carbocycles. The van der Waals surface area contributed by atoms with Gasteiger partial charge in [0.15, 0.2) is 0 Å². The molecule has 1 nitrogen and oxygen atoms in total. The van der Waals surface area contributed by atoms with Gasteiger partial charge in [-0.05, 0) is 25.5 Å². The highest BCUT2D eigenvalue weighted by Gasteiger charge is 2.05. The van der Waals surface area contributed by atoms with E-state index in [0.29, 0.717) is 23.2 Å². The summed E-state index contributed by atoms with van der Waals surface area (Å²) >= 11 is 5.69. The third-order valence-corrected chi connectivity index (χ3v) is 2.88. The van der Waals surface area contributed by atoms with Crippen LogP contribution < -0.4 is 5.32 Å². The zero-order valence-corrected chi connectivity index (χ0v) is 10.6. The van der Waals surface area contributed by atoms with Crippen LogP contribution in [0, 0.1) is 5.82 Å². The molecular formula is C13H19ClFN. The van der Waals surface area contributed by atoms with Gasteiger partial charge in [0, 0.05) is 23.2 Å². The lowest BCUT2D eigenvalue weighted by Crippen LogP contribution is -2.25. The number of rotatable bonds is 6. The lowest BCUT2D eigenvalue weighted by Gasteiger charge is -2.13. The molecule has 1 N–H and O–H groups in total. The predicted octanol–water partition coefficient (Wildman–Crippen LogP) is 4.15. The van der Waals surface area contributed by atoms with Gasteiger partial charge in [-0.15, -0.1) is 0 Å². The van der Waals surface area contributed by atoms with Crippen LogP contribution in [0.15, 0.2) is 18.2 Å². The zero-order chi connectivity index (χ0) is 12.0. The van der Waals surface area contributed by atoms with Gasteiger partial charge >= 0.3 is 0 Å². The van der Waals surface area contributed by atoms with Crippen LogP contribution in [0.5, 0.6) is 0 Å². The Balaban J connectivity index is 2.42. The zero-order valence-electron chi connectivity index (χ0n) is 9.89. The molecule has 1 aromatic rings. The molecule has 0 bridgehead atoms. The maximum Gasteiger partial charge on any atom is 0.129 e. The van der Waals surface area contributed by atoms with E-state index in [1.807, 2.05) is 0 Å². The molecule has 1 unspecified atom stereocenters. The number of nitrogens with one attached hydrogen (secondary N) is 1. The number of benzene rings is 1. The molecular weight excluding hydrogens is 225 g/mol. The molecule has 1 atom stereocenters. The Morgan fingerprint density at radius 1 is 1.44 bits per heavy atom. The first kappa shape index (κ1) is 13.5. The molecule has 0 saturated carbocycles. The summed E-state index contributed by atoms with van der Waals surface area (Å²) < 4.78 is 13.4. The second kappa shape index (κ2) is 6.87. The van der Waals surface area contributed by atoms with Crippen molar-refractivity contribution in [3.63, 3.8) is 0 Å². The first-order chi connectivity index (χ1) is 7.63. The fourth-order valence-electron chi connectivity index (χ4n) is 1.56. The largest absolute Gasteiger partial charge is 0.310 e. The smallest absolute Gasteiger partial charge is 0.129 e. The summed E-state index contributed by atoms with van der Waals surface area (Å²) in [5.74, 6) is -0.234. The fraction of sp³-hybridized carbons (Fsp3) is 0.538. The summed E-state index contributed by atoms with van der Waals surface area (Å²) in [7, 11) is 0. The van der Waals surface area contributed by atoms with Crippen molar-refractivity contribution in [2.24, 2.45) is 0 Å². The highest BCUT2D eigenvalue weighted by Crippen LogP contribution is 2.14. The van der Waals surface area contributed by atoms with Gasteiger partial charge in [-0.2, -0.15) is 0 Å². The van der Waals surface area contributed by atoms with Crippen LogP contribution in [0.1, 0.15) is 38.7 Å². The molecule has 0 radical (unpaired) electrons. The van der Waals surface area contributed by atoms with Crippen LogP contribution in [0.4, 0.5) is 4.39 Å². The van der Waals surface area contributed by atoms with Gasteiger partial charge in [0.05, 0.1) is 0 Å². The number of unbranched alkanes of at least 4 members (excludes halogenated alkanes) is 1. The van der Waals surface area contributed by atoms with E-state index in [4.69, 9.17) is 11.6 Å². The van der Waals surface area contributed by atoms with Crippen molar-refractivity contribution in [2.45, 2.75) is 45.7 Å². The molecule has 16 heavy (non-hydrogen) atoms. The molecule has 0 aromatic heterocycles. The molecule has 3 heteroatoms. The number of hydrogen-bond acceptors (Lipinski definition) is 1. The standard InChI is InChI=1S/C13H19ClFN/c1-3-4-5-10(2)16-9-11-6-7-12(14)8-13(11)15/h6-8,10,16H,3-5,9H2,1-2H3. The van der Waals surface area contributed by atoms with Crippen LogP contribution in [0.25, 0.3) is 0 Å². The Labute approximate surface area is 102 Å². The van der Waals surface area contributed by atoms with Crippen molar-refractivity contribution in [3.05, 3.63) is 34.6 Å². The predicted molar refractivity (Wildman–Crippen MR) is 67.2 cm³/mol. The summed E-state index contributed by atoms with van der Waals surface area (Å²) in [5, 5.41) is 3.76. The monoisotopic (exact) mass is 243 g/mol. The van der Waals surface area contributed by atoms with Crippen molar-refractivity contribution in [1.29, 1.82) is 0 Å². The van der Waals surface area contributed by atoms with Crippen molar-refractivity contribution >= 4 is 11.6 Å². The molecule has 0 spiro atoms.